The molecule has 48 heavy (non-hydrogen) atoms. The van der Waals surface area contributed by atoms with Crippen LogP contribution in [0.15, 0.2) is 59.5 Å². The van der Waals surface area contributed by atoms with E-state index in [9.17, 15) is 9.59 Å². The molecule has 260 valence electrons. The molecule has 3 aromatic rings. The van der Waals surface area contributed by atoms with Gasteiger partial charge >= 0.3 is 11.9 Å². The third-order valence-corrected chi connectivity index (χ3v) is 10.0. The molecule has 3 aromatic carbocycles. The second-order valence-corrected chi connectivity index (χ2v) is 14.5. The molecule has 4 rings (SSSR count). The molecule has 0 aromatic heterocycles. The van der Waals surface area contributed by atoms with Gasteiger partial charge in [0.15, 0.2) is 6.61 Å². The fourth-order valence-corrected chi connectivity index (χ4v) is 7.77. The van der Waals surface area contributed by atoms with Gasteiger partial charge in [0.05, 0.1) is 30.2 Å². The van der Waals surface area contributed by atoms with E-state index in [1.807, 2.05) is 32.0 Å². The van der Waals surface area contributed by atoms with E-state index in [0.717, 1.165) is 34.5 Å². The van der Waals surface area contributed by atoms with Gasteiger partial charge in [-0.1, -0.05) is 54.8 Å². The summed E-state index contributed by atoms with van der Waals surface area (Å²) in [4.78, 5) is 26.6. The van der Waals surface area contributed by atoms with Crippen LogP contribution in [0, 0.1) is 12.8 Å². The average Bonchev–Trinajstić information content (AvgIpc) is 3.16. The van der Waals surface area contributed by atoms with Gasteiger partial charge in [0.25, 0.3) is 0 Å². The number of nitrogens with two attached hydrogens (primary N) is 2. The van der Waals surface area contributed by atoms with Gasteiger partial charge in [0.1, 0.15) is 23.3 Å². The normalized spacial score (nSPS) is 16.9. The third kappa shape index (κ3) is 9.30. The molecule has 0 spiro atoms. The van der Waals surface area contributed by atoms with Crippen LogP contribution in [0.4, 0.5) is 11.4 Å². The van der Waals surface area contributed by atoms with E-state index in [0.29, 0.717) is 30.3 Å². The number of para-hydroxylation sites is 1. The van der Waals surface area contributed by atoms with Crippen molar-refractivity contribution in [3.8, 4) is 11.5 Å². The summed E-state index contributed by atoms with van der Waals surface area (Å²) in [5.41, 5.74) is 11.3. The van der Waals surface area contributed by atoms with Crippen LogP contribution in [0.25, 0.3) is 0 Å². The number of carbonyl (C=O) groups is 2. The Morgan fingerprint density at radius 2 is 1.85 bits per heavy atom. The highest BCUT2D eigenvalue weighted by Gasteiger charge is 2.27. The smallest absolute Gasteiger partial charge is 0.344 e. The highest BCUT2D eigenvalue weighted by Crippen LogP contribution is 2.43. The van der Waals surface area contributed by atoms with E-state index >= 15 is 0 Å². The maximum atomic E-state index is 13.0. The van der Waals surface area contributed by atoms with Crippen molar-refractivity contribution in [1.29, 1.82) is 0 Å². The summed E-state index contributed by atoms with van der Waals surface area (Å²) in [6.07, 6.45) is 0.0883. The Morgan fingerprint density at radius 1 is 1.10 bits per heavy atom. The van der Waals surface area contributed by atoms with E-state index in [1.54, 1.807) is 26.1 Å². The summed E-state index contributed by atoms with van der Waals surface area (Å²) in [7, 11) is 1.37. The van der Waals surface area contributed by atoms with Crippen molar-refractivity contribution in [2.24, 2.45) is 11.8 Å². The Labute approximate surface area is 287 Å². The summed E-state index contributed by atoms with van der Waals surface area (Å²) in [6.45, 7) is 13.7. The van der Waals surface area contributed by atoms with Crippen LogP contribution in [0.2, 0.25) is 0 Å². The van der Waals surface area contributed by atoms with Crippen molar-refractivity contribution in [3.63, 3.8) is 0 Å². The maximum Gasteiger partial charge on any atom is 0.344 e. The highest BCUT2D eigenvalue weighted by molar-refractivity contribution is 8.13. The number of carbonyl (C=O) groups excluding carboxylic acids is 2. The Balaban J connectivity index is 1.73. The van der Waals surface area contributed by atoms with Gasteiger partial charge < -0.3 is 29.7 Å². The van der Waals surface area contributed by atoms with Crippen LogP contribution in [0.1, 0.15) is 69.2 Å². The molecule has 11 heteroatoms. The first-order valence-corrected chi connectivity index (χ1v) is 17.6. The lowest BCUT2D eigenvalue weighted by molar-refractivity contribution is -0.147. The molecule has 0 saturated heterocycles. The van der Waals surface area contributed by atoms with Gasteiger partial charge in [-0.2, -0.15) is 0 Å². The Morgan fingerprint density at radius 3 is 2.54 bits per heavy atom. The van der Waals surface area contributed by atoms with Gasteiger partial charge in [0, 0.05) is 26.1 Å². The van der Waals surface area contributed by atoms with Crippen molar-refractivity contribution in [2.45, 2.75) is 71.4 Å². The van der Waals surface area contributed by atoms with E-state index in [1.165, 1.54) is 9.90 Å². The molecule has 4 N–H and O–H groups in total. The van der Waals surface area contributed by atoms with Crippen LogP contribution < -0.4 is 26.1 Å². The number of hydrogen-bond donors (Lipinski definition) is 2. The van der Waals surface area contributed by atoms with Gasteiger partial charge in [-0.3, -0.25) is 4.79 Å². The van der Waals surface area contributed by atoms with Crippen molar-refractivity contribution >= 4 is 39.4 Å². The van der Waals surface area contributed by atoms with Gasteiger partial charge in [-0.25, -0.2) is 14.9 Å². The van der Waals surface area contributed by atoms with Gasteiger partial charge in [-0.05, 0) is 85.5 Å². The van der Waals surface area contributed by atoms with E-state index in [2.05, 4.69) is 54.7 Å². The minimum atomic E-state index is -0.497. The predicted octanol–water partition coefficient (Wildman–Crippen LogP) is 6.20. The zero-order chi connectivity index (χ0) is 35.0. The summed E-state index contributed by atoms with van der Waals surface area (Å²) < 4.78 is 25.4. The summed E-state index contributed by atoms with van der Waals surface area (Å²) in [6, 6.07) is 18.1. The molecule has 3 atom stereocenters. The first-order chi connectivity index (χ1) is 22.9. The van der Waals surface area contributed by atoms with E-state index < -0.39 is 11.9 Å². The third-order valence-electron chi connectivity index (χ3n) is 7.97. The molecule has 1 aliphatic rings. The lowest BCUT2D eigenvalue weighted by atomic mass is 9.86. The number of anilines is 2. The molecule has 3 unspecified atom stereocenters. The van der Waals surface area contributed by atoms with Crippen LogP contribution in [-0.4, -0.2) is 61.1 Å². The Bertz CT molecular complexity index is 1630. The SMILES string of the molecule is C/C=S1\c2ccccc2OC(C)CN1Cc1cc(C(CC(=O)OCC)c2cc(N)c(N(C)N)c(OCC(=O)OCC(C)C)c2)ccc1C. The number of nitrogens with zero attached hydrogens (tertiary/aromatic N) is 2. The number of fused-ring (bicyclic) bond motifs is 1. The topological polar surface area (TPSA) is 130 Å². The first-order valence-electron chi connectivity index (χ1n) is 16.4. The number of benzene rings is 3. The van der Waals surface area contributed by atoms with Crippen molar-refractivity contribution in [3.05, 3.63) is 76.9 Å². The Kier molecular flexibility index (Phi) is 12.9. The summed E-state index contributed by atoms with van der Waals surface area (Å²) in [5, 5.41) is 3.59. The number of ether oxygens (including phenoxy) is 4. The number of aryl methyl sites for hydroxylation is 1. The zero-order valence-corrected chi connectivity index (χ0v) is 30.0. The molecule has 0 fully saturated rings. The highest BCUT2D eigenvalue weighted by atomic mass is 32.2. The fourth-order valence-electron chi connectivity index (χ4n) is 5.75. The standard InChI is InChI=1S/C37H50N4O6S/c1-8-44-35(42)19-30(28-17-31(38)37(40(7)39)33(18-28)45-23-36(43)46-22-24(3)4)27-15-14-25(5)29(16-27)21-41-20-26(6)47-32-12-10-11-13-34(32)48(41)9-2/h9-18,24,26,30H,8,19-23,38-39H2,1-7H3. The molecule has 0 saturated carbocycles. The minimum Gasteiger partial charge on any atom is -0.488 e. The average molecular weight is 679 g/mol. The molecule has 0 radical (unpaired) electrons. The summed E-state index contributed by atoms with van der Waals surface area (Å²) in [5.74, 6) is 6.33. The molecule has 1 aliphatic heterocycles. The molecule has 0 bridgehead atoms. The second-order valence-electron chi connectivity index (χ2n) is 12.4. The molecular formula is C37H50N4O6S. The number of hydrazine groups is 1. The van der Waals surface area contributed by atoms with Crippen molar-refractivity contribution in [2.75, 3.05) is 44.2 Å². The van der Waals surface area contributed by atoms with Gasteiger partial charge in [0.2, 0.25) is 0 Å². The van der Waals surface area contributed by atoms with Crippen LogP contribution in [-0.2, 0) is 25.6 Å². The lowest BCUT2D eigenvalue weighted by Crippen LogP contribution is -2.28. The van der Waals surface area contributed by atoms with Gasteiger partial charge in [-0.15, -0.1) is 0 Å². The number of hydrogen-bond acceptors (Lipinski definition) is 10. The number of rotatable bonds is 13. The first kappa shape index (κ1) is 36.8. The fraction of sp³-hybridized carbons (Fsp3) is 0.432. The predicted molar refractivity (Wildman–Crippen MR) is 194 cm³/mol. The van der Waals surface area contributed by atoms with E-state index in [4.69, 9.17) is 30.5 Å². The van der Waals surface area contributed by atoms with Crippen molar-refractivity contribution in [1.82, 2.24) is 4.31 Å². The van der Waals surface area contributed by atoms with Crippen molar-refractivity contribution < 1.29 is 28.5 Å². The lowest BCUT2D eigenvalue weighted by Gasteiger charge is -2.27. The Hall–Kier alpha value is -4.06. The quantitative estimate of drug-likeness (QED) is 0.0709. The molecule has 1 heterocycles. The number of nitrogen functional groups attached to an aromatic ring is 1. The molecule has 10 nitrogen and oxygen atoms in total. The number of esters is 2. The second kappa shape index (κ2) is 16.9. The zero-order valence-electron chi connectivity index (χ0n) is 29.2. The van der Waals surface area contributed by atoms with Crippen LogP contribution in [0.5, 0.6) is 11.5 Å². The van der Waals surface area contributed by atoms with Crippen LogP contribution in [0.3, 0.4) is 0 Å². The van der Waals surface area contributed by atoms with Crippen LogP contribution >= 0.6 is 10.7 Å². The monoisotopic (exact) mass is 678 g/mol. The van der Waals surface area contributed by atoms with E-state index in [-0.39, 0.29) is 48.3 Å². The maximum absolute atomic E-state index is 13.0. The molecule has 0 amide bonds. The molecular weight excluding hydrogens is 628 g/mol. The minimum absolute atomic E-state index is 0.00638. The summed E-state index contributed by atoms with van der Waals surface area (Å²) >= 11 is 0. The largest absolute Gasteiger partial charge is 0.488 e. The molecule has 0 aliphatic carbocycles.